The van der Waals surface area contributed by atoms with Gasteiger partial charge < -0.3 is 4.90 Å². The minimum Gasteiger partial charge on any atom is -0.341 e. The van der Waals surface area contributed by atoms with Crippen molar-refractivity contribution in [2.45, 2.75) is 33.4 Å². The van der Waals surface area contributed by atoms with E-state index in [9.17, 15) is 4.79 Å². The van der Waals surface area contributed by atoms with Crippen molar-refractivity contribution in [1.29, 1.82) is 0 Å². The van der Waals surface area contributed by atoms with Crippen LogP contribution in [0.1, 0.15) is 23.4 Å². The van der Waals surface area contributed by atoms with Gasteiger partial charge in [-0.25, -0.2) is 9.67 Å². The van der Waals surface area contributed by atoms with E-state index in [1.165, 1.54) is 6.33 Å². The zero-order valence-electron chi connectivity index (χ0n) is 14.8. The van der Waals surface area contributed by atoms with Crippen LogP contribution in [0.4, 0.5) is 0 Å². The number of benzene rings is 1. The third kappa shape index (κ3) is 3.76. The van der Waals surface area contributed by atoms with Gasteiger partial charge >= 0.3 is 0 Å². The molecule has 0 aliphatic rings. The lowest BCUT2D eigenvalue weighted by molar-refractivity contribution is -0.130. The maximum atomic E-state index is 12.4. The molecule has 2 heterocycles. The highest BCUT2D eigenvalue weighted by Gasteiger charge is 2.17. The summed E-state index contributed by atoms with van der Waals surface area (Å²) >= 11 is 0. The second kappa shape index (κ2) is 7.29. The van der Waals surface area contributed by atoms with Crippen LogP contribution in [0.2, 0.25) is 0 Å². The SMILES string of the molecule is Cc1nn(-c2ccccc2)c(C)c1CN(C)C(=O)CCn1cncn1. The summed E-state index contributed by atoms with van der Waals surface area (Å²) in [4.78, 5) is 18.0. The molecule has 0 bridgehead atoms. The molecule has 0 radical (unpaired) electrons. The van der Waals surface area contributed by atoms with Gasteiger partial charge in [-0.2, -0.15) is 10.2 Å². The Morgan fingerprint density at radius 2 is 1.96 bits per heavy atom. The number of hydrogen-bond acceptors (Lipinski definition) is 4. The first kappa shape index (κ1) is 16.9. The Labute approximate surface area is 146 Å². The van der Waals surface area contributed by atoms with Gasteiger partial charge in [0.15, 0.2) is 0 Å². The molecular weight excluding hydrogens is 316 g/mol. The Kier molecular flexibility index (Phi) is 4.92. The molecule has 0 N–H and O–H groups in total. The van der Waals surface area contributed by atoms with Gasteiger partial charge in [-0.1, -0.05) is 18.2 Å². The van der Waals surface area contributed by atoms with Gasteiger partial charge in [0.05, 0.1) is 17.9 Å². The topological polar surface area (TPSA) is 68.8 Å². The summed E-state index contributed by atoms with van der Waals surface area (Å²) < 4.78 is 3.59. The molecule has 0 saturated heterocycles. The number of aromatic nitrogens is 5. The summed E-state index contributed by atoms with van der Waals surface area (Å²) in [6, 6.07) is 10.0. The summed E-state index contributed by atoms with van der Waals surface area (Å²) in [6.07, 6.45) is 3.48. The molecular formula is C18H22N6O. The predicted octanol–water partition coefficient (Wildman–Crippen LogP) is 2.13. The summed E-state index contributed by atoms with van der Waals surface area (Å²) in [6.45, 7) is 5.09. The van der Waals surface area contributed by atoms with Crippen LogP contribution in [0.5, 0.6) is 0 Å². The monoisotopic (exact) mass is 338 g/mol. The van der Waals surface area contributed by atoms with E-state index < -0.39 is 0 Å². The lowest BCUT2D eigenvalue weighted by Crippen LogP contribution is -2.27. The Morgan fingerprint density at radius 1 is 1.20 bits per heavy atom. The lowest BCUT2D eigenvalue weighted by atomic mass is 10.2. The van der Waals surface area contributed by atoms with E-state index in [0.717, 1.165) is 22.6 Å². The van der Waals surface area contributed by atoms with Crippen LogP contribution in [-0.4, -0.2) is 42.4 Å². The van der Waals surface area contributed by atoms with Gasteiger partial charge in [0.25, 0.3) is 0 Å². The fourth-order valence-electron chi connectivity index (χ4n) is 2.80. The highest BCUT2D eigenvalue weighted by molar-refractivity contribution is 5.75. The first-order valence-electron chi connectivity index (χ1n) is 8.23. The highest BCUT2D eigenvalue weighted by Crippen LogP contribution is 2.19. The zero-order valence-corrected chi connectivity index (χ0v) is 14.8. The van der Waals surface area contributed by atoms with Crippen LogP contribution in [0.3, 0.4) is 0 Å². The number of rotatable bonds is 6. The van der Waals surface area contributed by atoms with Crippen molar-refractivity contribution >= 4 is 5.91 Å². The summed E-state index contributed by atoms with van der Waals surface area (Å²) in [5.74, 6) is 0.0711. The molecule has 0 unspecified atom stereocenters. The largest absolute Gasteiger partial charge is 0.341 e. The number of para-hydroxylation sites is 1. The van der Waals surface area contributed by atoms with Crippen LogP contribution in [-0.2, 0) is 17.9 Å². The Morgan fingerprint density at radius 3 is 2.64 bits per heavy atom. The van der Waals surface area contributed by atoms with Crippen molar-refractivity contribution in [2.24, 2.45) is 0 Å². The van der Waals surface area contributed by atoms with Gasteiger partial charge in [-0.3, -0.25) is 9.48 Å². The van der Waals surface area contributed by atoms with Crippen molar-refractivity contribution in [2.75, 3.05) is 7.05 Å². The average molecular weight is 338 g/mol. The van der Waals surface area contributed by atoms with Gasteiger partial charge in [0, 0.05) is 31.3 Å². The van der Waals surface area contributed by atoms with E-state index in [-0.39, 0.29) is 5.91 Å². The van der Waals surface area contributed by atoms with Crippen LogP contribution in [0, 0.1) is 13.8 Å². The Balaban J connectivity index is 1.70. The highest BCUT2D eigenvalue weighted by atomic mass is 16.2. The molecule has 0 fully saturated rings. The average Bonchev–Trinajstić information content (AvgIpc) is 3.24. The lowest BCUT2D eigenvalue weighted by Gasteiger charge is -2.17. The van der Waals surface area contributed by atoms with Crippen molar-refractivity contribution in [3.8, 4) is 5.69 Å². The summed E-state index contributed by atoms with van der Waals surface area (Å²) in [7, 11) is 1.82. The first-order chi connectivity index (χ1) is 12.1. The van der Waals surface area contributed by atoms with Gasteiger partial charge in [-0.05, 0) is 26.0 Å². The van der Waals surface area contributed by atoms with Gasteiger partial charge in [0.1, 0.15) is 12.7 Å². The minimum atomic E-state index is 0.0711. The fourth-order valence-corrected chi connectivity index (χ4v) is 2.80. The number of hydrogen-bond donors (Lipinski definition) is 0. The molecule has 25 heavy (non-hydrogen) atoms. The molecule has 0 aliphatic heterocycles. The molecule has 2 aromatic heterocycles. The smallest absolute Gasteiger partial charge is 0.224 e. The van der Waals surface area contributed by atoms with Crippen molar-refractivity contribution in [3.63, 3.8) is 0 Å². The molecule has 0 spiro atoms. The van der Waals surface area contributed by atoms with E-state index in [4.69, 9.17) is 0 Å². The predicted molar refractivity (Wildman–Crippen MR) is 94.2 cm³/mol. The number of aryl methyl sites for hydroxylation is 2. The third-order valence-corrected chi connectivity index (χ3v) is 4.28. The Hall–Kier alpha value is -2.96. The summed E-state index contributed by atoms with van der Waals surface area (Å²) in [5.41, 5.74) is 4.10. The quantitative estimate of drug-likeness (QED) is 0.690. The van der Waals surface area contributed by atoms with E-state index in [1.807, 2.05) is 55.9 Å². The van der Waals surface area contributed by atoms with E-state index in [1.54, 1.807) is 15.9 Å². The molecule has 0 aliphatic carbocycles. The van der Waals surface area contributed by atoms with Crippen LogP contribution >= 0.6 is 0 Å². The second-order valence-electron chi connectivity index (χ2n) is 6.06. The molecule has 3 rings (SSSR count). The number of carbonyl (C=O) groups excluding carboxylic acids is 1. The molecule has 1 aromatic carbocycles. The summed E-state index contributed by atoms with van der Waals surface area (Å²) in [5, 5.41) is 8.65. The van der Waals surface area contributed by atoms with Gasteiger partial charge in [-0.15, -0.1) is 0 Å². The van der Waals surface area contributed by atoms with Gasteiger partial charge in [0.2, 0.25) is 5.91 Å². The number of nitrogens with zero attached hydrogens (tertiary/aromatic N) is 6. The minimum absolute atomic E-state index is 0.0711. The maximum absolute atomic E-state index is 12.4. The van der Waals surface area contributed by atoms with Crippen LogP contribution in [0.25, 0.3) is 5.69 Å². The van der Waals surface area contributed by atoms with E-state index >= 15 is 0 Å². The van der Waals surface area contributed by atoms with Crippen molar-refractivity contribution in [1.82, 2.24) is 29.4 Å². The van der Waals surface area contributed by atoms with E-state index in [2.05, 4.69) is 15.2 Å². The molecule has 0 saturated carbocycles. The molecule has 3 aromatic rings. The first-order valence-corrected chi connectivity index (χ1v) is 8.23. The maximum Gasteiger partial charge on any atom is 0.224 e. The number of carbonyl (C=O) groups is 1. The standard InChI is InChI=1S/C18H22N6O/c1-14-17(15(2)24(21-14)16-7-5-4-6-8-16)11-22(3)18(25)9-10-23-13-19-12-20-23/h4-8,12-13H,9-11H2,1-3H3. The van der Waals surface area contributed by atoms with Crippen molar-refractivity contribution < 1.29 is 4.79 Å². The van der Waals surface area contributed by atoms with E-state index in [0.29, 0.717) is 19.5 Å². The van der Waals surface area contributed by atoms with Crippen LogP contribution in [0.15, 0.2) is 43.0 Å². The normalized spacial score (nSPS) is 10.8. The molecule has 7 heteroatoms. The number of amides is 1. The molecule has 0 atom stereocenters. The second-order valence-corrected chi connectivity index (χ2v) is 6.06. The van der Waals surface area contributed by atoms with Crippen LogP contribution < -0.4 is 0 Å². The molecule has 1 amide bonds. The molecule has 7 nitrogen and oxygen atoms in total. The third-order valence-electron chi connectivity index (χ3n) is 4.28. The zero-order chi connectivity index (χ0) is 17.8. The molecule has 130 valence electrons. The fraction of sp³-hybridized carbons (Fsp3) is 0.333. The Bertz CT molecular complexity index is 838. The van der Waals surface area contributed by atoms with Crippen molar-refractivity contribution in [3.05, 3.63) is 59.9 Å².